The van der Waals surface area contributed by atoms with Crippen molar-refractivity contribution >= 4 is 18.3 Å². The van der Waals surface area contributed by atoms with Gasteiger partial charge in [-0.3, -0.25) is 0 Å². The number of rotatable bonds is 4. The lowest BCUT2D eigenvalue weighted by molar-refractivity contribution is 0.408. The summed E-state index contributed by atoms with van der Waals surface area (Å²) in [6.45, 7) is 26.3. The number of aryl methyl sites for hydroxylation is 3. The van der Waals surface area contributed by atoms with Crippen molar-refractivity contribution in [1.82, 2.24) is 18.3 Å². The summed E-state index contributed by atoms with van der Waals surface area (Å²) < 4.78 is 12.5. The highest BCUT2D eigenvalue weighted by Crippen LogP contribution is 2.52. The number of hydrogen-bond acceptors (Lipinski definition) is 2. The van der Waals surface area contributed by atoms with Gasteiger partial charge in [-0.15, -0.1) is 0 Å². The zero-order valence-corrected chi connectivity index (χ0v) is 33.7. The van der Waals surface area contributed by atoms with E-state index in [-0.39, 0.29) is 16.2 Å². The van der Waals surface area contributed by atoms with Crippen LogP contribution in [-0.4, -0.2) is 13.2 Å². The van der Waals surface area contributed by atoms with Gasteiger partial charge in [-0.25, -0.2) is 0 Å². The van der Waals surface area contributed by atoms with Crippen molar-refractivity contribution in [2.45, 2.75) is 85.5 Å². The third-order valence-corrected chi connectivity index (χ3v) is 9.52. The molecule has 0 saturated heterocycles. The highest BCUT2D eigenvalue weighted by atomic mass is 31.1. The molecular weight excluding hydrogens is 638 g/mol. The predicted octanol–water partition coefficient (Wildman–Crippen LogP) is 11.6. The van der Waals surface area contributed by atoms with E-state index in [2.05, 4.69) is 119 Å². The van der Waals surface area contributed by atoms with Crippen molar-refractivity contribution in [2.24, 2.45) is 7.05 Å². The quantitative estimate of drug-likeness (QED) is 0.150. The van der Waals surface area contributed by atoms with Gasteiger partial charge in [0.2, 0.25) is 0 Å². The zero-order valence-electron chi connectivity index (χ0n) is 31.5. The monoisotopic (exact) mass is 696 g/mol. The van der Waals surface area contributed by atoms with Gasteiger partial charge in [0.1, 0.15) is 11.5 Å². The van der Waals surface area contributed by atoms with Crippen molar-refractivity contribution in [3.63, 3.8) is 0 Å². The van der Waals surface area contributed by atoms with E-state index in [0.717, 1.165) is 11.5 Å². The van der Waals surface area contributed by atoms with Gasteiger partial charge >= 0.3 is 0 Å². The number of aromatic nitrogens is 3. The number of allylic oxidation sites excluding steroid dienone is 2. The molecule has 0 amide bonds. The van der Waals surface area contributed by atoms with Gasteiger partial charge in [0.05, 0.1) is 8.88 Å². The summed E-state index contributed by atoms with van der Waals surface area (Å²) in [7, 11) is 5.10. The maximum absolute atomic E-state index is 6.51. The number of benzene rings is 2. The topological polar surface area (TPSA) is 36.0 Å². The standard InChI is InChI=1S/C25H34O.C8H11N2P.C5H7N.C4H6NP/c1-15-11-17(23(3,4)5)13-19-21(15)26-22-16(2)12-18(24(6,7)8)14-20(22)25(19,9)10;1-2-3-6-9-11-10-7-4-5-8-10;1-6-4-2-3-5-6;6-5-3-1-2-4-5/h11-14H,1-10H3;2-9,11H,1H2;2-5H,1H3;1-4H,6H2/b;6-3-;;. The molecule has 0 spiro atoms. The van der Waals surface area contributed by atoms with Crippen LogP contribution in [-0.2, 0) is 23.3 Å². The van der Waals surface area contributed by atoms with Crippen LogP contribution in [0.5, 0.6) is 11.5 Å². The SMILES string of the molecule is C=C/C=C\NPn1cccc1.Cc1cc(C(C)(C)C)cc2c1Oc1c(C)cc(C(C)(C)C)cc1C2(C)C.Cn1cccc1.Pn1cccc1. The minimum absolute atomic E-state index is 0.0824. The normalized spacial score (nSPS) is 13.1. The summed E-state index contributed by atoms with van der Waals surface area (Å²) >= 11 is 0. The maximum Gasteiger partial charge on any atom is 0.134 e. The molecule has 49 heavy (non-hydrogen) atoms. The van der Waals surface area contributed by atoms with E-state index in [0.29, 0.717) is 8.88 Å². The Hall–Kier alpha value is -3.78. The molecule has 262 valence electrons. The summed E-state index contributed by atoms with van der Waals surface area (Å²) in [6, 6.07) is 21.3. The summed E-state index contributed by atoms with van der Waals surface area (Å²) in [5, 5.41) is 3.13. The molecule has 5 nitrogen and oxygen atoms in total. The molecule has 0 saturated carbocycles. The number of nitrogens with one attached hydrogen (secondary N) is 1. The lowest BCUT2D eigenvalue weighted by Gasteiger charge is -2.38. The fourth-order valence-corrected chi connectivity index (χ4v) is 6.11. The lowest BCUT2D eigenvalue weighted by Crippen LogP contribution is -2.27. The van der Waals surface area contributed by atoms with Crippen LogP contribution < -0.4 is 9.82 Å². The van der Waals surface area contributed by atoms with E-state index in [4.69, 9.17) is 4.74 Å². The lowest BCUT2D eigenvalue weighted by atomic mass is 9.71. The van der Waals surface area contributed by atoms with E-state index in [1.165, 1.54) is 33.4 Å². The molecule has 0 radical (unpaired) electrons. The van der Waals surface area contributed by atoms with Gasteiger partial charge in [0, 0.05) is 67.0 Å². The smallest absolute Gasteiger partial charge is 0.134 e. The van der Waals surface area contributed by atoms with E-state index >= 15 is 0 Å². The molecule has 1 aliphatic rings. The molecule has 5 aromatic rings. The first-order valence-corrected chi connectivity index (χ1v) is 18.3. The Morgan fingerprint density at radius 2 is 1.16 bits per heavy atom. The zero-order chi connectivity index (χ0) is 36.4. The van der Waals surface area contributed by atoms with Crippen LogP contribution in [0.15, 0.2) is 123 Å². The first-order chi connectivity index (χ1) is 22.9. The second kappa shape index (κ2) is 17.2. The third-order valence-electron chi connectivity index (χ3n) is 8.33. The summed E-state index contributed by atoms with van der Waals surface area (Å²) in [5.74, 6) is 2.09. The Morgan fingerprint density at radius 3 is 1.51 bits per heavy atom. The van der Waals surface area contributed by atoms with Crippen LogP contribution in [0.3, 0.4) is 0 Å². The molecular formula is C42H58N4OP2. The minimum Gasteiger partial charge on any atom is -0.456 e. The Balaban J connectivity index is 0.000000228. The molecule has 0 bridgehead atoms. The van der Waals surface area contributed by atoms with Crippen LogP contribution in [0.4, 0.5) is 0 Å². The Morgan fingerprint density at radius 1 is 0.735 bits per heavy atom. The van der Waals surface area contributed by atoms with Crippen molar-refractivity contribution in [2.75, 3.05) is 0 Å². The predicted molar refractivity (Wildman–Crippen MR) is 218 cm³/mol. The first kappa shape index (κ1) is 39.7. The Kier molecular flexibility index (Phi) is 14.0. The van der Waals surface area contributed by atoms with E-state index in [9.17, 15) is 0 Å². The molecule has 3 aromatic heterocycles. The van der Waals surface area contributed by atoms with Crippen molar-refractivity contribution in [1.29, 1.82) is 0 Å². The highest BCUT2D eigenvalue weighted by molar-refractivity contribution is 7.33. The van der Waals surface area contributed by atoms with Crippen LogP contribution in [0.2, 0.25) is 0 Å². The van der Waals surface area contributed by atoms with Gasteiger partial charge in [-0.05, 0) is 98.8 Å². The molecule has 2 atom stereocenters. The molecule has 2 unspecified atom stereocenters. The molecule has 4 heterocycles. The number of nitrogens with zero attached hydrogens (tertiary/aromatic N) is 3. The fourth-order valence-electron chi connectivity index (χ4n) is 5.27. The van der Waals surface area contributed by atoms with Gasteiger partial charge < -0.3 is 23.1 Å². The second-order valence-corrected chi connectivity index (χ2v) is 16.6. The van der Waals surface area contributed by atoms with Crippen LogP contribution in [0.25, 0.3) is 0 Å². The summed E-state index contributed by atoms with van der Waals surface area (Å²) in [6.07, 6.45) is 17.5. The molecule has 7 heteroatoms. The molecule has 0 aliphatic carbocycles. The van der Waals surface area contributed by atoms with Gasteiger partial charge in [-0.1, -0.05) is 92.3 Å². The van der Waals surface area contributed by atoms with Crippen LogP contribution >= 0.6 is 18.3 Å². The Labute approximate surface area is 300 Å². The average Bonchev–Trinajstić information content (AvgIpc) is 3.82. The summed E-state index contributed by atoms with van der Waals surface area (Å²) in [5.41, 5.74) is 7.98. The van der Waals surface area contributed by atoms with Crippen LogP contribution in [0, 0.1) is 13.8 Å². The van der Waals surface area contributed by atoms with Gasteiger partial charge in [-0.2, -0.15) is 0 Å². The molecule has 1 N–H and O–H groups in total. The maximum atomic E-state index is 6.51. The molecule has 6 rings (SSSR count). The first-order valence-electron chi connectivity index (χ1n) is 16.8. The third kappa shape index (κ3) is 11.4. The van der Waals surface area contributed by atoms with Gasteiger partial charge in [0.15, 0.2) is 0 Å². The molecule has 0 fully saturated rings. The van der Waals surface area contributed by atoms with Crippen molar-refractivity contribution < 1.29 is 4.74 Å². The van der Waals surface area contributed by atoms with Gasteiger partial charge in [0.25, 0.3) is 0 Å². The number of fused-ring (bicyclic) bond motifs is 2. The largest absolute Gasteiger partial charge is 0.456 e. The highest BCUT2D eigenvalue weighted by Gasteiger charge is 2.38. The summed E-state index contributed by atoms with van der Waals surface area (Å²) in [4.78, 5) is 0. The molecule has 2 aromatic carbocycles. The van der Waals surface area contributed by atoms with E-state index < -0.39 is 0 Å². The average molecular weight is 697 g/mol. The van der Waals surface area contributed by atoms with E-state index in [1.54, 1.807) is 6.08 Å². The second-order valence-electron chi connectivity index (χ2n) is 15.0. The Bertz CT molecular complexity index is 1660. The molecule has 1 aliphatic heterocycles. The van der Waals surface area contributed by atoms with Crippen molar-refractivity contribution in [3.05, 3.63) is 156 Å². The minimum atomic E-state index is -0.0824. The fraction of sp³-hybridized carbons (Fsp3) is 0.333. The number of hydrogen-bond donors (Lipinski definition) is 1. The van der Waals surface area contributed by atoms with Crippen molar-refractivity contribution in [3.8, 4) is 11.5 Å². The van der Waals surface area contributed by atoms with Crippen LogP contribution in [0.1, 0.15) is 88.8 Å². The van der Waals surface area contributed by atoms with E-state index in [1.807, 2.05) is 102 Å². The number of ether oxygens (including phenoxy) is 1.